The minimum Gasteiger partial charge on any atom is -0.486 e. The Morgan fingerprint density at radius 3 is 2.34 bits per heavy atom. The number of alkyl halides is 3. The first kappa shape index (κ1) is 19.8. The maximum absolute atomic E-state index is 12.7. The van der Waals surface area contributed by atoms with E-state index in [4.69, 9.17) is 16.3 Å². The van der Waals surface area contributed by atoms with E-state index >= 15 is 0 Å². The fourth-order valence-corrected chi connectivity index (χ4v) is 4.01. The van der Waals surface area contributed by atoms with Crippen molar-refractivity contribution in [2.24, 2.45) is 0 Å². The van der Waals surface area contributed by atoms with Crippen molar-refractivity contribution >= 4 is 23.3 Å². The molecule has 0 radical (unpaired) electrons. The van der Waals surface area contributed by atoms with Crippen LogP contribution >= 0.6 is 11.6 Å². The smallest absolute Gasteiger partial charge is 0.416 e. The van der Waals surface area contributed by atoms with Crippen LogP contribution in [0.1, 0.15) is 45.5 Å². The average molecular weight is 424 g/mol. The molecule has 0 unspecified atom stereocenters. The number of benzene rings is 2. The lowest BCUT2D eigenvalue weighted by Gasteiger charge is -2.44. The number of carbonyl (C=O) groups excluding carboxylic acids is 2. The summed E-state index contributed by atoms with van der Waals surface area (Å²) >= 11 is 6.01. The SMILES string of the molecule is O=C1CC2(CCN(C(=O)c3ccc(C(F)(F)F)cc3)CC2)Oc2cc(Cl)ccc21. The van der Waals surface area contributed by atoms with E-state index in [-0.39, 0.29) is 23.7 Å². The van der Waals surface area contributed by atoms with Gasteiger partial charge >= 0.3 is 6.18 Å². The number of ether oxygens (including phenoxy) is 1. The average Bonchev–Trinajstić information content (AvgIpc) is 2.67. The zero-order chi connectivity index (χ0) is 20.8. The summed E-state index contributed by atoms with van der Waals surface area (Å²) in [4.78, 5) is 26.8. The number of fused-ring (bicyclic) bond motifs is 1. The summed E-state index contributed by atoms with van der Waals surface area (Å²) in [5, 5.41) is 0.475. The van der Waals surface area contributed by atoms with Crippen LogP contribution in [0.5, 0.6) is 5.75 Å². The topological polar surface area (TPSA) is 46.6 Å². The Morgan fingerprint density at radius 2 is 1.72 bits per heavy atom. The fraction of sp³-hybridized carbons (Fsp3) is 0.333. The maximum Gasteiger partial charge on any atom is 0.416 e. The van der Waals surface area contributed by atoms with Crippen molar-refractivity contribution in [2.45, 2.75) is 31.0 Å². The molecule has 1 amide bonds. The second kappa shape index (κ2) is 7.06. The lowest BCUT2D eigenvalue weighted by atomic mass is 9.82. The molecule has 2 aromatic rings. The number of carbonyl (C=O) groups is 2. The van der Waals surface area contributed by atoms with Gasteiger partial charge in [-0.15, -0.1) is 0 Å². The van der Waals surface area contributed by atoms with Crippen LogP contribution in [0, 0.1) is 0 Å². The predicted octanol–water partition coefficient (Wildman–Crippen LogP) is 5.00. The van der Waals surface area contributed by atoms with E-state index in [9.17, 15) is 22.8 Å². The monoisotopic (exact) mass is 423 g/mol. The van der Waals surface area contributed by atoms with Gasteiger partial charge in [0.2, 0.25) is 0 Å². The molecule has 0 aliphatic carbocycles. The lowest BCUT2D eigenvalue weighted by Crippen LogP contribution is -2.52. The first-order valence-electron chi connectivity index (χ1n) is 9.15. The van der Waals surface area contributed by atoms with E-state index in [2.05, 4.69) is 0 Å². The molecule has 0 N–H and O–H groups in total. The van der Waals surface area contributed by atoms with Crippen molar-refractivity contribution in [2.75, 3.05) is 13.1 Å². The second-order valence-corrected chi connectivity index (χ2v) is 7.83. The van der Waals surface area contributed by atoms with Crippen LogP contribution in [0.15, 0.2) is 42.5 Å². The molecule has 2 aromatic carbocycles. The Kier molecular flexibility index (Phi) is 4.81. The van der Waals surface area contributed by atoms with Crippen LogP contribution in [-0.2, 0) is 6.18 Å². The Labute approximate surface area is 170 Å². The Balaban J connectivity index is 1.45. The van der Waals surface area contributed by atoms with E-state index in [1.165, 1.54) is 12.1 Å². The van der Waals surface area contributed by atoms with Crippen LogP contribution in [0.25, 0.3) is 0 Å². The van der Waals surface area contributed by atoms with E-state index in [1.54, 1.807) is 23.1 Å². The van der Waals surface area contributed by atoms with Crippen molar-refractivity contribution in [3.63, 3.8) is 0 Å². The standard InChI is InChI=1S/C21H17ClF3NO3/c22-15-5-6-16-17(27)12-20(29-18(16)11-15)7-9-26(10-8-20)19(28)13-1-3-14(4-2-13)21(23,24)25/h1-6,11H,7-10,12H2. The predicted molar refractivity (Wildman–Crippen MR) is 100 cm³/mol. The second-order valence-electron chi connectivity index (χ2n) is 7.39. The van der Waals surface area contributed by atoms with Crippen molar-refractivity contribution in [1.82, 2.24) is 4.90 Å². The van der Waals surface area contributed by atoms with Gasteiger partial charge in [-0.3, -0.25) is 9.59 Å². The van der Waals surface area contributed by atoms with Gasteiger partial charge in [0, 0.05) is 36.5 Å². The normalized spacial score (nSPS) is 18.3. The van der Waals surface area contributed by atoms with Gasteiger partial charge in [-0.1, -0.05) is 11.6 Å². The molecule has 1 spiro atoms. The first-order chi connectivity index (χ1) is 13.7. The van der Waals surface area contributed by atoms with Crippen LogP contribution < -0.4 is 4.74 Å². The number of hydrogen-bond donors (Lipinski definition) is 0. The van der Waals surface area contributed by atoms with Crippen molar-refractivity contribution in [3.05, 3.63) is 64.2 Å². The van der Waals surface area contributed by atoms with Crippen LogP contribution in [-0.4, -0.2) is 35.3 Å². The van der Waals surface area contributed by atoms with Gasteiger partial charge < -0.3 is 9.64 Å². The molecule has 0 aromatic heterocycles. The molecule has 0 bridgehead atoms. The number of nitrogens with zero attached hydrogens (tertiary/aromatic N) is 1. The van der Waals surface area contributed by atoms with Gasteiger partial charge in [-0.05, 0) is 42.5 Å². The van der Waals surface area contributed by atoms with Gasteiger partial charge in [-0.25, -0.2) is 0 Å². The number of halogens is 4. The number of piperidine rings is 1. The Morgan fingerprint density at radius 1 is 1.07 bits per heavy atom. The third kappa shape index (κ3) is 3.83. The number of ketones is 1. The molecule has 1 fully saturated rings. The van der Waals surface area contributed by atoms with Gasteiger partial charge in [0.05, 0.1) is 17.5 Å². The molecule has 2 heterocycles. The zero-order valence-corrected chi connectivity index (χ0v) is 16.0. The van der Waals surface area contributed by atoms with E-state index in [0.717, 1.165) is 12.1 Å². The highest BCUT2D eigenvalue weighted by atomic mass is 35.5. The van der Waals surface area contributed by atoms with Gasteiger partial charge in [0.1, 0.15) is 11.4 Å². The van der Waals surface area contributed by atoms with Crippen molar-refractivity contribution in [1.29, 1.82) is 0 Å². The summed E-state index contributed by atoms with van der Waals surface area (Å²) in [6.45, 7) is 0.700. The highest BCUT2D eigenvalue weighted by Gasteiger charge is 2.43. The minimum atomic E-state index is -4.44. The number of rotatable bonds is 1. The van der Waals surface area contributed by atoms with E-state index < -0.39 is 17.3 Å². The third-order valence-corrected chi connectivity index (χ3v) is 5.71. The molecule has 29 heavy (non-hydrogen) atoms. The molecular weight excluding hydrogens is 407 g/mol. The fourth-order valence-electron chi connectivity index (χ4n) is 3.85. The molecule has 2 aliphatic heterocycles. The third-order valence-electron chi connectivity index (χ3n) is 5.47. The molecule has 0 saturated carbocycles. The molecule has 0 atom stereocenters. The van der Waals surface area contributed by atoms with Gasteiger partial charge in [0.25, 0.3) is 5.91 Å². The van der Waals surface area contributed by atoms with Crippen LogP contribution in [0.2, 0.25) is 5.02 Å². The summed E-state index contributed by atoms with van der Waals surface area (Å²) in [5.41, 5.74) is -0.779. The molecule has 4 nitrogen and oxygen atoms in total. The van der Waals surface area contributed by atoms with E-state index in [0.29, 0.717) is 42.3 Å². The van der Waals surface area contributed by atoms with Gasteiger partial charge in [0.15, 0.2) is 5.78 Å². The number of hydrogen-bond acceptors (Lipinski definition) is 3. The maximum atomic E-state index is 12.7. The summed E-state index contributed by atoms with van der Waals surface area (Å²) in [6, 6.07) is 9.10. The molecule has 1 saturated heterocycles. The van der Waals surface area contributed by atoms with Crippen LogP contribution in [0.3, 0.4) is 0 Å². The highest BCUT2D eigenvalue weighted by Crippen LogP contribution is 2.40. The Bertz CT molecular complexity index is 964. The summed E-state index contributed by atoms with van der Waals surface area (Å²) in [7, 11) is 0. The molecule has 152 valence electrons. The van der Waals surface area contributed by atoms with Gasteiger partial charge in [-0.2, -0.15) is 13.2 Å². The summed E-state index contributed by atoms with van der Waals surface area (Å²) < 4.78 is 44.2. The minimum absolute atomic E-state index is 0.0227. The molecular formula is C21H17ClF3NO3. The van der Waals surface area contributed by atoms with Crippen molar-refractivity contribution in [3.8, 4) is 5.75 Å². The van der Waals surface area contributed by atoms with Crippen molar-refractivity contribution < 1.29 is 27.5 Å². The molecule has 4 rings (SSSR count). The summed E-state index contributed by atoms with van der Waals surface area (Å²) in [6.07, 6.45) is -3.30. The van der Waals surface area contributed by atoms with E-state index in [1.807, 2.05) is 0 Å². The Hall–Kier alpha value is -2.54. The number of Topliss-reactive ketones (excluding diaryl/α,β-unsaturated/α-hetero) is 1. The molecule has 2 aliphatic rings. The zero-order valence-electron chi connectivity index (χ0n) is 15.3. The quantitative estimate of drug-likeness (QED) is 0.648. The summed E-state index contributed by atoms with van der Waals surface area (Å²) in [5.74, 6) is 0.0980. The lowest BCUT2D eigenvalue weighted by molar-refractivity contribution is -0.137. The highest BCUT2D eigenvalue weighted by molar-refractivity contribution is 6.30. The van der Waals surface area contributed by atoms with Crippen LogP contribution in [0.4, 0.5) is 13.2 Å². The first-order valence-corrected chi connectivity index (χ1v) is 9.53. The molecule has 8 heteroatoms. The number of likely N-dealkylation sites (tertiary alicyclic amines) is 1. The largest absolute Gasteiger partial charge is 0.486 e. The number of amides is 1.